The van der Waals surface area contributed by atoms with Crippen LogP contribution in [0.4, 0.5) is 5.69 Å². The molecular weight excluding hydrogens is 458 g/mol. The van der Waals surface area contributed by atoms with Crippen LogP contribution in [0.1, 0.15) is 31.7 Å². The maximum atomic E-state index is 13.2. The number of nitrogens with zero attached hydrogens (tertiary/aromatic N) is 1. The minimum Gasteiger partial charge on any atom is -0.496 e. The smallest absolute Gasteiger partial charge is 0.265 e. The monoisotopic (exact) mass is 487 g/mol. The van der Waals surface area contributed by atoms with Crippen molar-refractivity contribution in [1.29, 1.82) is 0 Å². The molecule has 0 radical (unpaired) electrons. The van der Waals surface area contributed by atoms with Crippen LogP contribution in [-0.4, -0.2) is 50.8 Å². The first-order valence-corrected chi connectivity index (χ1v) is 12.8. The molecule has 1 saturated heterocycles. The first-order valence-electron chi connectivity index (χ1n) is 11.3. The van der Waals surface area contributed by atoms with Gasteiger partial charge in [-0.1, -0.05) is 25.1 Å². The van der Waals surface area contributed by atoms with Crippen LogP contribution in [0.2, 0.25) is 0 Å². The summed E-state index contributed by atoms with van der Waals surface area (Å²) in [5.74, 6) is 0.520. The number of ether oxygens (including phenoxy) is 2. The fourth-order valence-electron chi connectivity index (χ4n) is 4.24. The molecule has 0 saturated carbocycles. The number of hydrogen-bond donors (Lipinski definition) is 2. The zero-order chi connectivity index (χ0) is 24.3. The van der Waals surface area contributed by atoms with Gasteiger partial charge in [0.05, 0.1) is 17.7 Å². The lowest BCUT2D eigenvalue weighted by molar-refractivity contribution is -0.126. The fourth-order valence-corrected chi connectivity index (χ4v) is 5.74. The van der Waals surface area contributed by atoms with Gasteiger partial charge in [0.15, 0.2) is 6.10 Å². The molecule has 9 nitrogen and oxygen atoms in total. The number of carbonyl (C=O) groups excluding carboxylic acids is 2. The van der Waals surface area contributed by atoms with Crippen LogP contribution in [0.5, 0.6) is 11.5 Å². The molecule has 1 fully saturated rings. The highest BCUT2D eigenvalue weighted by atomic mass is 32.2. The Morgan fingerprint density at radius 2 is 1.94 bits per heavy atom. The Bertz CT molecular complexity index is 1170. The van der Waals surface area contributed by atoms with Crippen molar-refractivity contribution in [2.45, 2.75) is 43.7 Å². The summed E-state index contributed by atoms with van der Waals surface area (Å²) in [5.41, 5.74) is 1.23. The fraction of sp³-hybridized carbons (Fsp3) is 0.417. The lowest BCUT2D eigenvalue weighted by atomic mass is 9.97. The molecule has 2 aliphatic heterocycles. The van der Waals surface area contributed by atoms with E-state index in [4.69, 9.17) is 9.47 Å². The number of methoxy groups -OCH3 is 1. The van der Waals surface area contributed by atoms with Crippen molar-refractivity contribution in [3.63, 3.8) is 0 Å². The van der Waals surface area contributed by atoms with Crippen LogP contribution in [0.25, 0.3) is 0 Å². The Labute approximate surface area is 199 Å². The summed E-state index contributed by atoms with van der Waals surface area (Å²) in [6.07, 6.45) is 0.801. The van der Waals surface area contributed by atoms with Crippen molar-refractivity contribution in [1.82, 2.24) is 9.62 Å². The van der Waals surface area contributed by atoms with E-state index in [1.165, 1.54) is 16.4 Å². The Morgan fingerprint density at radius 1 is 1.21 bits per heavy atom. The van der Waals surface area contributed by atoms with Crippen LogP contribution in [0, 0.1) is 5.92 Å². The topological polar surface area (TPSA) is 114 Å². The van der Waals surface area contributed by atoms with Crippen LogP contribution in [0.3, 0.4) is 0 Å². The third-order valence-corrected chi connectivity index (χ3v) is 8.14. The van der Waals surface area contributed by atoms with Gasteiger partial charge in [-0.15, -0.1) is 0 Å². The SMILES string of the molecule is CCC1Oc2ccc(S(=O)(=O)N3CCC(C(=O)NCc4ccccc4OC)CC3)cc2NC1=O. The highest BCUT2D eigenvalue weighted by Crippen LogP contribution is 2.34. The van der Waals surface area contributed by atoms with E-state index in [9.17, 15) is 18.0 Å². The highest BCUT2D eigenvalue weighted by Gasteiger charge is 2.33. The molecule has 10 heteroatoms. The van der Waals surface area contributed by atoms with Crippen molar-refractivity contribution in [2.75, 3.05) is 25.5 Å². The Hall–Kier alpha value is -3.11. The largest absolute Gasteiger partial charge is 0.496 e. The maximum Gasteiger partial charge on any atom is 0.265 e. The van der Waals surface area contributed by atoms with Gasteiger partial charge < -0.3 is 20.1 Å². The van der Waals surface area contributed by atoms with Gasteiger partial charge in [0, 0.05) is 31.1 Å². The molecule has 1 atom stereocenters. The summed E-state index contributed by atoms with van der Waals surface area (Å²) in [6, 6.07) is 12.0. The number of para-hydroxylation sites is 1. The average molecular weight is 488 g/mol. The molecule has 0 aromatic heterocycles. The number of anilines is 1. The van der Waals surface area contributed by atoms with Crippen LogP contribution in [0.15, 0.2) is 47.4 Å². The summed E-state index contributed by atoms with van der Waals surface area (Å²) in [7, 11) is -2.18. The Morgan fingerprint density at radius 3 is 2.65 bits per heavy atom. The van der Waals surface area contributed by atoms with E-state index in [1.807, 2.05) is 31.2 Å². The van der Waals surface area contributed by atoms with Crippen molar-refractivity contribution in [3.8, 4) is 11.5 Å². The van der Waals surface area contributed by atoms with Gasteiger partial charge in [0.25, 0.3) is 5.91 Å². The second kappa shape index (κ2) is 10.0. The summed E-state index contributed by atoms with van der Waals surface area (Å²) in [4.78, 5) is 24.8. The predicted octanol–water partition coefficient (Wildman–Crippen LogP) is 2.52. The second-order valence-electron chi connectivity index (χ2n) is 8.37. The number of piperidine rings is 1. The molecule has 0 aliphatic carbocycles. The third-order valence-electron chi connectivity index (χ3n) is 6.25. The molecule has 4 rings (SSSR count). The van der Waals surface area contributed by atoms with E-state index in [2.05, 4.69) is 10.6 Å². The molecule has 1 unspecified atom stereocenters. The van der Waals surface area contributed by atoms with Crippen LogP contribution >= 0.6 is 0 Å². The molecule has 2 heterocycles. The average Bonchev–Trinajstić information content (AvgIpc) is 2.86. The Kier molecular flexibility index (Phi) is 7.08. The zero-order valence-electron chi connectivity index (χ0n) is 19.2. The summed E-state index contributed by atoms with van der Waals surface area (Å²) < 4.78 is 38.7. The van der Waals surface area contributed by atoms with Gasteiger partial charge in [0.2, 0.25) is 15.9 Å². The number of amides is 2. The predicted molar refractivity (Wildman–Crippen MR) is 126 cm³/mol. The van der Waals surface area contributed by atoms with E-state index >= 15 is 0 Å². The van der Waals surface area contributed by atoms with Crippen molar-refractivity contribution in [2.24, 2.45) is 5.92 Å². The highest BCUT2D eigenvalue weighted by molar-refractivity contribution is 7.89. The standard InChI is InChI=1S/C24H29N3O6S/c1-3-20-24(29)26-19-14-18(8-9-22(19)33-20)34(30,31)27-12-10-16(11-13-27)23(28)25-15-17-6-4-5-7-21(17)32-2/h4-9,14,16,20H,3,10-13,15H2,1-2H3,(H,25,28)(H,26,29). The lowest BCUT2D eigenvalue weighted by Gasteiger charge is -2.31. The molecule has 0 bridgehead atoms. The molecule has 2 aromatic rings. The molecule has 2 amide bonds. The number of sulfonamides is 1. The molecule has 182 valence electrons. The quantitative estimate of drug-likeness (QED) is 0.620. The van der Waals surface area contributed by atoms with E-state index in [0.717, 1.165) is 5.56 Å². The first-order chi connectivity index (χ1) is 16.3. The van der Waals surface area contributed by atoms with Gasteiger partial charge in [0.1, 0.15) is 11.5 Å². The number of rotatable bonds is 7. The Balaban J connectivity index is 1.36. The lowest BCUT2D eigenvalue weighted by Crippen LogP contribution is -2.43. The normalized spacial score (nSPS) is 19.0. The molecule has 2 aromatic carbocycles. The minimum atomic E-state index is -3.77. The molecule has 2 N–H and O–H groups in total. The molecule has 34 heavy (non-hydrogen) atoms. The summed E-state index contributed by atoms with van der Waals surface area (Å²) >= 11 is 0. The zero-order valence-corrected chi connectivity index (χ0v) is 20.1. The van der Waals surface area contributed by atoms with Crippen LogP contribution in [-0.2, 0) is 26.2 Å². The number of carbonyl (C=O) groups is 2. The number of hydrogen-bond acceptors (Lipinski definition) is 6. The summed E-state index contributed by atoms with van der Waals surface area (Å²) in [5, 5.41) is 5.66. The molecule has 2 aliphatic rings. The van der Waals surface area contributed by atoms with Crippen LogP contribution < -0.4 is 20.1 Å². The van der Waals surface area contributed by atoms with E-state index < -0.39 is 16.1 Å². The maximum absolute atomic E-state index is 13.2. The van der Waals surface area contributed by atoms with Gasteiger partial charge in [-0.2, -0.15) is 4.31 Å². The van der Waals surface area contributed by atoms with E-state index in [0.29, 0.717) is 43.0 Å². The van der Waals surface area contributed by atoms with E-state index in [-0.39, 0.29) is 35.7 Å². The second-order valence-corrected chi connectivity index (χ2v) is 10.3. The minimum absolute atomic E-state index is 0.0872. The number of fused-ring (bicyclic) bond motifs is 1. The number of benzene rings is 2. The number of nitrogens with one attached hydrogen (secondary N) is 2. The van der Waals surface area contributed by atoms with Crippen molar-refractivity contribution < 1.29 is 27.5 Å². The first kappa shape index (κ1) is 24.0. The van der Waals surface area contributed by atoms with Gasteiger partial charge in [-0.3, -0.25) is 9.59 Å². The van der Waals surface area contributed by atoms with Gasteiger partial charge >= 0.3 is 0 Å². The van der Waals surface area contributed by atoms with E-state index in [1.54, 1.807) is 13.2 Å². The van der Waals surface area contributed by atoms with Gasteiger partial charge in [-0.25, -0.2) is 8.42 Å². The third kappa shape index (κ3) is 4.88. The van der Waals surface area contributed by atoms with Gasteiger partial charge in [-0.05, 0) is 43.5 Å². The molecular formula is C24H29N3O6S. The van der Waals surface area contributed by atoms with Crippen molar-refractivity contribution in [3.05, 3.63) is 48.0 Å². The van der Waals surface area contributed by atoms with Crippen molar-refractivity contribution >= 4 is 27.5 Å². The summed E-state index contributed by atoms with van der Waals surface area (Å²) in [6.45, 7) is 2.68. The molecule has 0 spiro atoms.